The second-order valence-corrected chi connectivity index (χ2v) is 6.73. The minimum absolute atomic E-state index is 0.713. The van der Waals surface area contributed by atoms with E-state index in [-0.39, 0.29) is 0 Å². The molecule has 3 atom stereocenters. The molecule has 0 N–H and O–H groups in total. The summed E-state index contributed by atoms with van der Waals surface area (Å²) in [4.78, 5) is 1.20. The number of halogens is 2. The maximum Gasteiger partial charge on any atom is 0.0431 e. The summed E-state index contributed by atoms with van der Waals surface area (Å²) in [7, 11) is 0. The Morgan fingerprint density at radius 1 is 1.00 bits per heavy atom. The Morgan fingerprint density at radius 3 is 2.31 bits per heavy atom. The Morgan fingerprint density at radius 2 is 1.75 bits per heavy atom. The van der Waals surface area contributed by atoms with Crippen LogP contribution in [0.3, 0.4) is 0 Å². The van der Waals surface area contributed by atoms with Crippen LogP contribution in [0.4, 0.5) is 0 Å². The van der Waals surface area contributed by atoms with Crippen LogP contribution in [-0.4, -0.2) is 5.25 Å². The van der Waals surface area contributed by atoms with Gasteiger partial charge in [-0.25, -0.2) is 0 Å². The van der Waals surface area contributed by atoms with Crippen LogP contribution in [0.15, 0.2) is 35.2 Å². The number of thioether (sulfide) groups is 1. The lowest BCUT2D eigenvalue weighted by atomic mass is 10.1. The Kier molecular flexibility index (Phi) is 2.95. The monoisotopic (exact) mass is 270 g/mol. The first-order chi connectivity index (χ1) is 7.70. The lowest BCUT2D eigenvalue weighted by Crippen LogP contribution is -2.08. The van der Waals surface area contributed by atoms with Crippen LogP contribution in [0.25, 0.3) is 0 Å². The van der Waals surface area contributed by atoms with Crippen LogP contribution >= 0.6 is 35.0 Å². The van der Waals surface area contributed by atoms with Gasteiger partial charge in [-0.1, -0.05) is 35.4 Å². The molecule has 16 heavy (non-hydrogen) atoms. The van der Waals surface area contributed by atoms with Gasteiger partial charge in [-0.05, 0) is 42.9 Å². The molecule has 1 saturated carbocycles. The molecule has 0 radical (unpaired) electrons. The highest BCUT2D eigenvalue weighted by Gasteiger charge is 2.36. The Labute approximate surface area is 110 Å². The summed E-state index contributed by atoms with van der Waals surface area (Å²) < 4.78 is 0. The van der Waals surface area contributed by atoms with E-state index in [4.69, 9.17) is 23.2 Å². The molecular formula is C13H12Cl2S. The molecule has 0 aromatic heterocycles. The van der Waals surface area contributed by atoms with Gasteiger partial charge in [0.15, 0.2) is 0 Å². The first-order valence-electron chi connectivity index (χ1n) is 5.52. The number of allylic oxidation sites excluding steroid dienone is 2. The van der Waals surface area contributed by atoms with Crippen molar-refractivity contribution in [1.82, 2.24) is 0 Å². The molecule has 0 unspecified atom stereocenters. The molecule has 1 aromatic carbocycles. The molecule has 0 saturated heterocycles. The summed E-state index contributed by atoms with van der Waals surface area (Å²) in [5.41, 5.74) is 0. The quantitative estimate of drug-likeness (QED) is 0.678. The van der Waals surface area contributed by atoms with Crippen LogP contribution in [0.5, 0.6) is 0 Å². The number of rotatable bonds is 2. The van der Waals surface area contributed by atoms with E-state index >= 15 is 0 Å². The molecule has 1 aromatic rings. The van der Waals surface area contributed by atoms with Crippen LogP contribution in [0.2, 0.25) is 10.0 Å². The first kappa shape index (κ1) is 11.0. The average Bonchev–Trinajstić information content (AvgIpc) is 2.77. The molecule has 2 bridgehead atoms. The van der Waals surface area contributed by atoms with E-state index in [1.54, 1.807) is 6.07 Å². The van der Waals surface area contributed by atoms with E-state index in [1.807, 2.05) is 23.9 Å². The maximum absolute atomic E-state index is 6.00. The van der Waals surface area contributed by atoms with E-state index in [2.05, 4.69) is 12.2 Å². The summed E-state index contributed by atoms with van der Waals surface area (Å²) in [5, 5.41) is 2.17. The highest BCUT2D eigenvalue weighted by Crippen LogP contribution is 2.47. The van der Waals surface area contributed by atoms with Gasteiger partial charge in [0.2, 0.25) is 0 Å². The van der Waals surface area contributed by atoms with Gasteiger partial charge < -0.3 is 0 Å². The molecule has 2 aliphatic rings. The fourth-order valence-corrected chi connectivity index (χ4v) is 4.75. The van der Waals surface area contributed by atoms with Gasteiger partial charge in [-0.2, -0.15) is 0 Å². The molecule has 2 aliphatic carbocycles. The van der Waals surface area contributed by atoms with Gasteiger partial charge in [0, 0.05) is 20.2 Å². The molecule has 0 spiro atoms. The number of hydrogen-bond donors (Lipinski definition) is 0. The summed E-state index contributed by atoms with van der Waals surface area (Å²) >= 11 is 13.9. The maximum atomic E-state index is 6.00. The van der Waals surface area contributed by atoms with Gasteiger partial charge in [0.1, 0.15) is 0 Å². The lowest BCUT2D eigenvalue weighted by Gasteiger charge is -2.17. The smallest absolute Gasteiger partial charge is 0.0431 e. The van der Waals surface area contributed by atoms with Gasteiger partial charge in [-0.3, -0.25) is 0 Å². The molecule has 3 heteroatoms. The molecule has 3 rings (SSSR count). The van der Waals surface area contributed by atoms with Crippen molar-refractivity contribution in [3.63, 3.8) is 0 Å². The van der Waals surface area contributed by atoms with E-state index in [1.165, 1.54) is 17.7 Å². The highest BCUT2D eigenvalue weighted by molar-refractivity contribution is 8.00. The van der Waals surface area contributed by atoms with Crippen LogP contribution in [0.1, 0.15) is 12.8 Å². The summed E-state index contributed by atoms with van der Waals surface area (Å²) in [6.45, 7) is 0. The second-order valence-electron chi connectivity index (χ2n) is 4.54. The number of hydrogen-bond acceptors (Lipinski definition) is 1. The predicted molar refractivity (Wildman–Crippen MR) is 71.5 cm³/mol. The van der Waals surface area contributed by atoms with Crippen molar-refractivity contribution in [2.75, 3.05) is 0 Å². The zero-order chi connectivity index (χ0) is 11.1. The molecule has 0 aliphatic heterocycles. The normalized spacial score (nSPS) is 31.2. The van der Waals surface area contributed by atoms with Gasteiger partial charge in [-0.15, -0.1) is 11.8 Å². The molecule has 1 fully saturated rings. The van der Waals surface area contributed by atoms with Crippen molar-refractivity contribution in [3.8, 4) is 0 Å². The fraction of sp³-hybridized carbons (Fsp3) is 0.385. The largest absolute Gasteiger partial charge is 0.122 e. The summed E-state index contributed by atoms with van der Waals surface area (Å²) in [6.07, 6.45) is 7.38. The Bertz CT molecular complexity index is 421. The Balaban J connectivity index is 1.77. The van der Waals surface area contributed by atoms with E-state index in [0.717, 1.165) is 21.9 Å². The minimum atomic E-state index is 0.713. The molecular weight excluding hydrogens is 259 g/mol. The average molecular weight is 271 g/mol. The van der Waals surface area contributed by atoms with E-state index in [0.29, 0.717) is 5.25 Å². The molecule has 0 heterocycles. The second kappa shape index (κ2) is 4.29. The zero-order valence-corrected chi connectivity index (χ0v) is 11.0. The van der Waals surface area contributed by atoms with Crippen molar-refractivity contribution in [3.05, 3.63) is 40.4 Å². The van der Waals surface area contributed by atoms with Gasteiger partial charge in [0.25, 0.3) is 0 Å². The predicted octanol–water partition coefficient (Wildman–Crippen LogP) is 5.05. The highest BCUT2D eigenvalue weighted by atomic mass is 35.5. The van der Waals surface area contributed by atoms with Crippen molar-refractivity contribution in [2.24, 2.45) is 11.8 Å². The van der Waals surface area contributed by atoms with Gasteiger partial charge >= 0.3 is 0 Å². The topological polar surface area (TPSA) is 0 Å². The molecule has 0 nitrogen and oxygen atoms in total. The van der Waals surface area contributed by atoms with Gasteiger partial charge in [0.05, 0.1) is 0 Å². The van der Waals surface area contributed by atoms with Crippen molar-refractivity contribution in [1.29, 1.82) is 0 Å². The molecule has 0 amide bonds. The Hall–Kier alpha value is -0.110. The van der Waals surface area contributed by atoms with Crippen LogP contribution < -0.4 is 0 Å². The minimum Gasteiger partial charge on any atom is -0.122 e. The summed E-state index contributed by atoms with van der Waals surface area (Å²) in [5.74, 6) is 1.57. The third-order valence-electron chi connectivity index (χ3n) is 3.34. The van der Waals surface area contributed by atoms with Crippen molar-refractivity contribution >= 4 is 35.0 Å². The van der Waals surface area contributed by atoms with Crippen molar-refractivity contribution in [2.45, 2.75) is 23.0 Å². The first-order valence-corrected chi connectivity index (χ1v) is 7.15. The third kappa shape index (κ3) is 2.13. The molecule has 84 valence electrons. The fourth-order valence-electron chi connectivity index (χ4n) is 2.64. The van der Waals surface area contributed by atoms with Crippen LogP contribution in [0, 0.1) is 11.8 Å². The van der Waals surface area contributed by atoms with E-state index in [9.17, 15) is 0 Å². The lowest BCUT2D eigenvalue weighted by molar-refractivity contribution is 0.692. The number of benzene rings is 1. The SMILES string of the molecule is Clc1cc(Cl)cc(S[C@H]2C[C@H]3C=C[C@@H]2C3)c1. The standard InChI is InChI=1S/C13H12Cl2S/c14-10-5-11(15)7-12(6-10)16-13-4-8-1-2-9(13)3-8/h1-2,5-9,13H,3-4H2/t8-,9+,13-/m0/s1. The zero-order valence-electron chi connectivity index (χ0n) is 8.70. The summed E-state index contributed by atoms with van der Waals surface area (Å²) in [6, 6.07) is 5.80. The van der Waals surface area contributed by atoms with Crippen molar-refractivity contribution < 1.29 is 0 Å². The number of fused-ring (bicyclic) bond motifs is 2. The van der Waals surface area contributed by atoms with Crippen LogP contribution in [-0.2, 0) is 0 Å². The van der Waals surface area contributed by atoms with E-state index < -0.39 is 0 Å². The third-order valence-corrected chi connectivity index (χ3v) is 5.13.